The summed E-state index contributed by atoms with van der Waals surface area (Å²) in [7, 11) is 0. The number of pyridine rings is 1. The summed E-state index contributed by atoms with van der Waals surface area (Å²) in [5, 5.41) is 3.68. The minimum atomic E-state index is -0.577. The predicted octanol–water partition coefficient (Wildman–Crippen LogP) is 3.60. The number of fused-ring (bicyclic) bond motifs is 1. The maximum absolute atomic E-state index is 12.5. The lowest BCUT2D eigenvalue weighted by molar-refractivity contribution is -0.143. The molecule has 1 unspecified atom stereocenters. The van der Waals surface area contributed by atoms with Crippen molar-refractivity contribution in [3.8, 4) is 0 Å². The van der Waals surface area contributed by atoms with E-state index < -0.39 is 11.8 Å². The van der Waals surface area contributed by atoms with Gasteiger partial charge in [-0.1, -0.05) is 38.0 Å². The first-order valence-electron chi connectivity index (χ1n) is 9.13. The summed E-state index contributed by atoms with van der Waals surface area (Å²) >= 11 is 0. The van der Waals surface area contributed by atoms with Crippen LogP contribution in [0.4, 0.5) is 5.69 Å². The van der Waals surface area contributed by atoms with Crippen molar-refractivity contribution in [2.45, 2.75) is 39.0 Å². The van der Waals surface area contributed by atoms with Crippen LogP contribution >= 0.6 is 0 Å². The second kappa shape index (κ2) is 8.10. The summed E-state index contributed by atoms with van der Waals surface area (Å²) in [4.78, 5) is 31.0. The molecule has 1 aromatic heterocycles. The van der Waals surface area contributed by atoms with Gasteiger partial charge in [-0.3, -0.25) is 14.6 Å². The third-order valence-corrected chi connectivity index (χ3v) is 4.91. The summed E-state index contributed by atoms with van der Waals surface area (Å²) < 4.78 is 0. The molecule has 3 rings (SSSR count). The number of carbonyl (C=O) groups excluding carboxylic acids is 2. The Balaban J connectivity index is 1.67. The zero-order valence-corrected chi connectivity index (χ0v) is 14.7. The van der Waals surface area contributed by atoms with Crippen LogP contribution in [0.15, 0.2) is 36.5 Å². The second-order valence-electron chi connectivity index (χ2n) is 6.71. The smallest absolute Gasteiger partial charge is 0.313 e. The van der Waals surface area contributed by atoms with Gasteiger partial charge in [0.2, 0.25) is 0 Å². The molecule has 1 N–H and O–H groups in total. The van der Waals surface area contributed by atoms with Gasteiger partial charge in [-0.2, -0.15) is 0 Å². The first-order valence-corrected chi connectivity index (χ1v) is 9.13. The van der Waals surface area contributed by atoms with Crippen molar-refractivity contribution in [2.24, 2.45) is 5.92 Å². The normalized spacial score (nSPS) is 18.0. The van der Waals surface area contributed by atoms with Gasteiger partial charge in [-0.15, -0.1) is 0 Å². The molecule has 1 atom stereocenters. The minimum Gasteiger partial charge on any atom is -0.334 e. The Morgan fingerprint density at radius 3 is 2.88 bits per heavy atom. The fourth-order valence-corrected chi connectivity index (χ4v) is 3.59. The zero-order chi connectivity index (χ0) is 17.6. The Morgan fingerprint density at radius 2 is 2.04 bits per heavy atom. The minimum absolute atomic E-state index is 0.440. The highest BCUT2D eigenvalue weighted by Gasteiger charge is 2.25. The largest absolute Gasteiger partial charge is 0.334 e. The van der Waals surface area contributed by atoms with E-state index in [0.717, 1.165) is 24.6 Å². The van der Waals surface area contributed by atoms with E-state index >= 15 is 0 Å². The second-order valence-corrected chi connectivity index (χ2v) is 6.71. The number of aromatic nitrogens is 1. The molecule has 2 heterocycles. The quantitative estimate of drug-likeness (QED) is 0.869. The van der Waals surface area contributed by atoms with E-state index in [4.69, 9.17) is 0 Å². The van der Waals surface area contributed by atoms with Crippen LogP contribution in [0.3, 0.4) is 0 Å². The van der Waals surface area contributed by atoms with Crippen LogP contribution in [0, 0.1) is 5.92 Å². The number of likely N-dealkylation sites (tertiary alicyclic amines) is 1. The Labute approximate surface area is 148 Å². The molecule has 1 saturated heterocycles. The van der Waals surface area contributed by atoms with Crippen LogP contribution in [0.2, 0.25) is 0 Å². The van der Waals surface area contributed by atoms with Crippen molar-refractivity contribution >= 4 is 28.4 Å². The molecule has 1 aliphatic heterocycles. The van der Waals surface area contributed by atoms with Gasteiger partial charge < -0.3 is 10.2 Å². The molecule has 2 aromatic rings. The molecule has 1 aromatic carbocycles. The highest BCUT2D eigenvalue weighted by molar-refractivity contribution is 6.40. The summed E-state index contributed by atoms with van der Waals surface area (Å²) in [5.41, 5.74) is 1.28. The van der Waals surface area contributed by atoms with Gasteiger partial charge in [0.25, 0.3) is 0 Å². The average Bonchev–Trinajstić information content (AvgIpc) is 2.87. The Bertz CT molecular complexity index is 754. The van der Waals surface area contributed by atoms with E-state index in [1.165, 1.54) is 12.8 Å². The summed E-state index contributed by atoms with van der Waals surface area (Å²) in [6.07, 6.45) is 7.17. The van der Waals surface area contributed by atoms with E-state index in [1.54, 1.807) is 17.2 Å². The van der Waals surface area contributed by atoms with Gasteiger partial charge in [0.15, 0.2) is 0 Å². The van der Waals surface area contributed by atoms with Crippen LogP contribution in [0.5, 0.6) is 0 Å². The van der Waals surface area contributed by atoms with Crippen molar-refractivity contribution in [3.05, 3.63) is 36.5 Å². The summed E-state index contributed by atoms with van der Waals surface area (Å²) in [6, 6.07) is 9.35. The standard InChI is InChI=1S/C20H25N3O2/c1-2-6-15-7-5-13-23(14-11-15)20(25)19(24)22-17-10-3-8-16-9-4-12-21-18(16)17/h3-4,8-10,12,15H,2,5-7,11,13-14H2,1H3,(H,22,24). The molecule has 0 aliphatic carbocycles. The lowest BCUT2D eigenvalue weighted by Gasteiger charge is -2.20. The lowest BCUT2D eigenvalue weighted by atomic mass is 9.96. The van der Waals surface area contributed by atoms with E-state index in [9.17, 15) is 9.59 Å². The van der Waals surface area contributed by atoms with Crippen molar-refractivity contribution in [1.82, 2.24) is 9.88 Å². The van der Waals surface area contributed by atoms with Gasteiger partial charge >= 0.3 is 11.8 Å². The monoisotopic (exact) mass is 339 g/mol. The number of carbonyl (C=O) groups is 2. The van der Waals surface area contributed by atoms with Gasteiger partial charge in [-0.05, 0) is 37.3 Å². The number of amides is 2. The average molecular weight is 339 g/mol. The van der Waals surface area contributed by atoms with Crippen molar-refractivity contribution in [2.75, 3.05) is 18.4 Å². The highest BCUT2D eigenvalue weighted by Crippen LogP contribution is 2.23. The molecular weight excluding hydrogens is 314 g/mol. The van der Waals surface area contributed by atoms with Gasteiger partial charge in [-0.25, -0.2) is 0 Å². The molecule has 0 bridgehead atoms. The van der Waals surface area contributed by atoms with E-state index in [1.807, 2.05) is 24.3 Å². The van der Waals surface area contributed by atoms with Crippen LogP contribution in [0.25, 0.3) is 10.9 Å². The van der Waals surface area contributed by atoms with Crippen molar-refractivity contribution in [3.63, 3.8) is 0 Å². The van der Waals surface area contributed by atoms with Crippen molar-refractivity contribution in [1.29, 1.82) is 0 Å². The topological polar surface area (TPSA) is 62.3 Å². The van der Waals surface area contributed by atoms with Gasteiger partial charge in [0.05, 0.1) is 11.2 Å². The fraction of sp³-hybridized carbons (Fsp3) is 0.450. The van der Waals surface area contributed by atoms with Crippen molar-refractivity contribution < 1.29 is 9.59 Å². The molecule has 5 heteroatoms. The van der Waals surface area contributed by atoms with Crippen LogP contribution < -0.4 is 5.32 Å². The predicted molar refractivity (Wildman–Crippen MR) is 99.2 cm³/mol. The van der Waals surface area contributed by atoms with E-state index in [-0.39, 0.29) is 0 Å². The lowest BCUT2D eigenvalue weighted by Crippen LogP contribution is -2.40. The SMILES string of the molecule is CCCC1CCCN(C(=O)C(=O)Nc2cccc3cccnc23)CC1. The number of nitrogens with zero attached hydrogens (tertiary/aromatic N) is 2. The molecule has 1 aliphatic rings. The third-order valence-electron chi connectivity index (χ3n) is 4.91. The maximum Gasteiger partial charge on any atom is 0.313 e. The fourth-order valence-electron chi connectivity index (χ4n) is 3.59. The first kappa shape index (κ1) is 17.4. The van der Waals surface area contributed by atoms with Crippen LogP contribution in [-0.2, 0) is 9.59 Å². The molecular formula is C20H25N3O2. The number of hydrogen-bond donors (Lipinski definition) is 1. The summed E-state index contributed by atoms with van der Waals surface area (Å²) in [6.45, 7) is 3.53. The van der Waals surface area contributed by atoms with Gasteiger partial charge in [0.1, 0.15) is 0 Å². The molecule has 132 valence electrons. The third kappa shape index (κ3) is 4.16. The highest BCUT2D eigenvalue weighted by atomic mass is 16.2. The first-order chi connectivity index (χ1) is 12.2. The number of hydrogen-bond acceptors (Lipinski definition) is 3. The molecule has 25 heavy (non-hydrogen) atoms. The number of benzene rings is 1. The summed E-state index contributed by atoms with van der Waals surface area (Å²) in [5.74, 6) is -0.342. The Morgan fingerprint density at radius 1 is 1.20 bits per heavy atom. The Hall–Kier alpha value is -2.43. The number of nitrogens with one attached hydrogen (secondary N) is 1. The van der Waals surface area contributed by atoms with Crippen LogP contribution in [-0.4, -0.2) is 34.8 Å². The number of para-hydroxylation sites is 1. The molecule has 0 spiro atoms. The van der Waals surface area contributed by atoms with E-state index in [2.05, 4.69) is 17.2 Å². The molecule has 0 saturated carbocycles. The number of rotatable bonds is 3. The molecule has 2 amide bonds. The Kier molecular flexibility index (Phi) is 5.64. The molecule has 5 nitrogen and oxygen atoms in total. The maximum atomic E-state index is 12.5. The van der Waals surface area contributed by atoms with E-state index in [0.29, 0.717) is 30.2 Å². The molecule has 0 radical (unpaired) electrons. The molecule has 1 fully saturated rings. The number of anilines is 1. The van der Waals surface area contributed by atoms with Crippen LogP contribution in [0.1, 0.15) is 39.0 Å². The van der Waals surface area contributed by atoms with Gasteiger partial charge in [0, 0.05) is 24.7 Å². The zero-order valence-electron chi connectivity index (χ0n) is 14.7.